The molecule has 1 aromatic rings. The highest BCUT2D eigenvalue weighted by molar-refractivity contribution is 5.39. The van der Waals surface area contributed by atoms with Crippen molar-refractivity contribution in [3.63, 3.8) is 0 Å². The van der Waals surface area contributed by atoms with Crippen molar-refractivity contribution in [1.29, 1.82) is 0 Å². The van der Waals surface area contributed by atoms with Gasteiger partial charge in [0.05, 0.1) is 6.61 Å². The van der Waals surface area contributed by atoms with Gasteiger partial charge in [0.25, 0.3) is 0 Å². The number of hydrogen-bond acceptors (Lipinski definition) is 2. The Morgan fingerprint density at radius 1 is 1.24 bits per heavy atom. The van der Waals surface area contributed by atoms with E-state index in [1.165, 1.54) is 37.8 Å². The van der Waals surface area contributed by atoms with E-state index in [0.717, 1.165) is 24.8 Å². The molecular weight excluding hydrogens is 210 g/mol. The molecule has 1 aliphatic heterocycles. The number of nitrogens with one attached hydrogen (secondary N) is 1. The van der Waals surface area contributed by atoms with Crippen LogP contribution in [0, 0.1) is 5.92 Å². The van der Waals surface area contributed by atoms with Crippen LogP contribution in [-0.2, 0) is 0 Å². The molecule has 1 N–H and O–H groups in total. The van der Waals surface area contributed by atoms with E-state index in [1.807, 2.05) is 6.07 Å². The first kappa shape index (κ1) is 11.1. The molecule has 1 aromatic carbocycles. The van der Waals surface area contributed by atoms with Gasteiger partial charge >= 0.3 is 0 Å². The summed E-state index contributed by atoms with van der Waals surface area (Å²) in [6.07, 6.45) is 5.72. The number of benzene rings is 1. The normalized spacial score (nSPS) is 22.9. The molecule has 3 rings (SSSR count). The fourth-order valence-corrected chi connectivity index (χ4v) is 2.76. The fraction of sp³-hybridized carbons (Fsp3) is 0.600. The summed E-state index contributed by atoms with van der Waals surface area (Å²) in [5.41, 5.74) is 1.38. The van der Waals surface area contributed by atoms with Crippen molar-refractivity contribution in [3.05, 3.63) is 29.8 Å². The molecule has 1 fully saturated rings. The highest BCUT2D eigenvalue weighted by Gasteiger charge is 2.23. The lowest BCUT2D eigenvalue weighted by Crippen LogP contribution is -2.26. The topological polar surface area (TPSA) is 21.3 Å². The maximum absolute atomic E-state index is 5.68. The van der Waals surface area contributed by atoms with E-state index in [0.29, 0.717) is 5.92 Å². The van der Waals surface area contributed by atoms with Crippen LogP contribution in [0.3, 0.4) is 0 Å². The van der Waals surface area contributed by atoms with E-state index in [4.69, 9.17) is 4.74 Å². The van der Waals surface area contributed by atoms with Crippen LogP contribution in [0.4, 0.5) is 0 Å². The summed E-state index contributed by atoms with van der Waals surface area (Å²) in [4.78, 5) is 0. The van der Waals surface area contributed by atoms with Gasteiger partial charge in [-0.15, -0.1) is 0 Å². The van der Waals surface area contributed by atoms with E-state index in [1.54, 1.807) is 0 Å². The minimum absolute atomic E-state index is 0.549. The van der Waals surface area contributed by atoms with Gasteiger partial charge < -0.3 is 10.1 Å². The van der Waals surface area contributed by atoms with E-state index in [2.05, 4.69) is 23.5 Å². The second kappa shape index (κ2) is 5.09. The Kier molecular flexibility index (Phi) is 3.32. The third-order valence-electron chi connectivity index (χ3n) is 4.14. The number of fused-ring (bicyclic) bond motifs is 1. The molecular formula is C15H21NO. The third-order valence-corrected chi connectivity index (χ3v) is 4.14. The second-order valence-corrected chi connectivity index (χ2v) is 5.34. The zero-order valence-corrected chi connectivity index (χ0v) is 10.3. The summed E-state index contributed by atoms with van der Waals surface area (Å²) in [5.74, 6) is 2.64. The van der Waals surface area contributed by atoms with Gasteiger partial charge in [-0.3, -0.25) is 0 Å². The predicted molar refractivity (Wildman–Crippen MR) is 69.5 cm³/mol. The van der Waals surface area contributed by atoms with Crippen LogP contribution in [0.15, 0.2) is 24.3 Å². The minimum Gasteiger partial charge on any atom is -0.493 e. The van der Waals surface area contributed by atoms with Crippen molar-refractivity contribution in [2.45, 2.75) is 31.6 Å². The Bertz CT molecular complexity index is 373. The van der Waals surface area contributed by atoms with Gasteiger partial charge in [-0.1, -0.05) is 37.5 Å². The molecule has 92 valence electrons. The Labute approximate surface area is 103 Å². The molecule has 0 amide bonds. The van der Waals surface area contributed by atoms with Crippen LogP contribution in [-0.4, -0.2) is 19.7 Å². The number of para-hydroxylation sites is 1. The van der Waals surface area contributed by atoms with Crippen LogP contribution in [0.25, 0.3) is 0 Å². The van der Waals surface area contributed by atoms with Crippen LogP contribution < -0.4 is 10.1 Å². The molecule has 0 radical (unpaired) electrons. The van der Waals surface area contributed by atoms with Crippen molar-refractivity contribution >= 4 is 0 Å². The first-order valence-corrected chi connectivity index (χ1v) is 6.86. The van der Waals surface area contributed by atoms with Crippen molar-refractivity contribution < 1.29 is 4.74 Å². The molecule has 1 unspecified atom stereocenters. The fourth-order valence-electron chi connectivity index (χ4n) is 2.76. The number of rotatable bonds is 5. The Morgan fingerprint density at radius 2 is 2.12 bits per heavy atom. The standard InChI is InChI=1S/C15H21NO/c1-2-7-15-14(6-1)13(11-17-15)10-16-9-8-12-4-3-5-12/h1-2,6-7,12-13,16H,3-5,8-11H2. The summed E-state index contributed by atoms with van der Waals surface area (Å²) in [7, 11) is 0. The summed E-state index contributed by atoms with van der Waals surface area (Å²) in [5, 5.41) is 3.59. The summed E-state index contributed by atoms with van der Waals surface area (Å²) < 4.78 is 5.68. The molecule has 0 spiro atoms. The maximum atomic E-state index is 5.68. The van der Waals surface area contributed by atoms with Crippen LogP contribution in [0.2, 0.25) is 0 Å². The first-order chi connectivity index (χ1) is 8.43. The SMILES string of the molecule is c1ccc2c(c1)OCC2CNCCC1CCC1. The average Bonchev–Trinajstić information content (AvgIpc) is 2.70. The lowest BCUT2D eigenvalue weighted by Gasteiger charge is -2.25. The van der Waals surface area contributed by atoms with Crippen LogP contribution >= 0.6 is 0 Å². The molecule has 17 heavy (non-hydrogen) atoms. The highest BCUT2D eigenvalue weighted by atomic mass is 16.5. The van der Waals surface area contributed by atoms with Crippen molar-refractivity contribution in [1.82, 2.24) is 5.32 Å². The van der Waals surface area contributed by atoms with Crippen LogP contribution in [0.5, 0.6) is 5.75 Å². The Balaban J connectivity index is 1.43. The number of ether oxygens (including phenoxy) is 1. The molecule has 0 bridgehead atoms. The predicted octanol–water partition coefficient (Wildman–Crippen LogP) is 2.94. The minimum atomic E-state index is 0.549. The molecule has 1 aliphatic carbocycles. The zero-order chi connectivity index (χ0) is 11.5. The molecule has 0 aromatic heterocycles. The molecule has 2 aliphatic rings. The molecule has 1 atom stereocenters. The number of hydrogen-bond donors (Lipinski definition) is 1. The second-order valence-electron chi connectivity index (χ2n) is 5.34. The summed E-state index contributed by atoms with van der Waals surface area (Å²) in [6, 6.07) is 8.42. The Hall–Kier alpha value is -1.02. The molecule has 1 saturated carbocycles. The lowest BCUT2D eigenvalue weighted by atomic mass is 9.83. The van der Waals surface area contributed by atoms with Crippen molar-refractivity contribution in [2.24, 2.45) is 5.92 Å². The van der Waals surface area contributed by atoms with Gasteiger partial charge in [0.15, 0.2) is 0 Å². The Morgan fingerprint density at radius 3 is 2.94 bits per heavy atom. The quantitative estimate of drug-likeness (QED) is 0.787. The van der Waals surface area contributed by atoms with Gasteiger partial charge in [0, 0.05) is 18.0 Å². The molecule has 2 nitrogen and oxygen atoms in total. The summed E-state index contributed by atoms with van der Waals surface area (Å²) >= 11 is 0. The summed E-state index contributed by atoms with van der Waals surface area (Å²) in [6.45, 7) is 3.07. The lowest BCUT2D eigenvalue weighted by molar-refractivity contribution is 0.287. The molecule has 1 heterocycles. The van der Waals surface area contributed by atoms with E-state index >= 15 is 0 Å². The van der Waals surface area contributed by atoms with Crippen molar-refractivity contribution in [2.75, 3.05) is 19.7 Å². The van der Waals surface area contributed by atoms with Gasteiger partial charge in [0.2, 0.25) is 0 Å². The van der Waals surface area contributed by atoms with Crippen molar-refractivity contribution in [3.8, 4) is 5.75 Å². The first-order valence-electron chi connectivity index (χ1n) is 6.86. The molecule has 2 heteroatoms. The monoisotopic (exact) mass is 231 g/mol. The molecule has 0 saturated heterocycles. The average molecular weight is 231 g/mol. The maximum Gasteiger partial charge on any atom is 0.122 e. The van der Waals surface area contributed by atoms with Gasteiger partial charge in [-0.25, -0.2) is 0 Å². The highest BCUT2D eigenvalue weighted by Crippen LogP contribution is 2.33. The van der Waals surface area contributed by atoms with E-state index < -0.39 is 0 Å². The van der Waals surface area contributed by atoms with Crippen LogP contribution in [0.1, 0.15) is 37.2 Å². The van der Waals surface area contributed by atoms with Gasteiger partial charge in [-0.05, 0) is 24.9 Å². The third kappa shape index (κ3) is 2.47. The largest absolute Gasteiger partial charge is 0.493 e. The zero-order valence-electron chi connectivity index (χ0n) is 10.3. The van der Waals surface area contributed by atoms with E-state index in [9.17, 15) is 0 Å². The smallest absolute Gasteiger partial charge is 0.122 e. The van der Waals surface area contributed by atoms with Gasteiger partial charge in [-0.2, -0.15) is 0 Å². The van der Waals surface area contributed by atoms with Gasteiger partial charge in [0.1, 0.15) is 5.75 Å². The van der Waals surface area contributed by atoms with E-state index in [-0.39, 0.29) is 0 Å².